The molecule has 0 unspecified atom stereocenters. The maximum absolute atomic E-state index is 14.1. The van der Waals surface area contributed by atoms with Crippen molar-refractivity contribution in [2.45, 2.75) is 43.7 Å². The number of benzene rings is 2. The Kier molecular flexibility index (Phi) is 12.4. The lowest BCUT2D eigenvalue weighted by atomic mass is 10.0. The Morgan fingerprint density at radius 1 is 0.976 bits per heavy atom. The second-order valence-corrected chi connectivity index (χ2v) is 12.2. The van der Waals surface area contributed by atoms with E-state index in [1.54, 1.807) is 44.2 Å². The van der Waals surface area contributed by atoms with E-state index in [2.05, 4.69) is 21.3 Å². The van der Waals surface area contributed by atoms with E-state index in [-0.39, 0.29) is 30.0 Å². The van der Waals surface area contributed by atoms with E-state index in [1.165, 1.54) is 0 Å². The summed E-state index contributed by atoms with van der Waals surface area (Å²) < 4.78 is 37.8. The van der Waals surface area contributed by atoms with Gasteiger partial charge in [0.25, 0.3) is 5.91 Å². The number of sulfone groups is 1. The summed E-state index contributed by atoms with van der Waals surface area (Å²) in [6.45, 7) is 2.73. The number of hydrogen-bond acceptors (Lipinski definition) is 7. The summed E-state index contributed by atoms with van der Waals surface area (Å²) in [6, 6.07) is 8.23. The van der Waals surface area contributed by atoms with Crippen LogP contribution in [0.15, 0.2) is 47.4 Å². The standard InChI is InChI=1S/C27H33ClFN5O7S/c1-15(2)24(34-25(37)17-12-21(42(3,40)41)19(29)13-18(17)28)27(39)31-10-9-23(36)33-20(26(38)32-14-22(30)35)11-16-7-5-4-6-8-16/h4-8,12-13,15,20,24H,9-11,14H2,1-3H3,(H2,30,35)(H,31,39)(H,32,38)(H,33,36)(H,34,37)/t20-,24-/m0/s1/i29-1. The number of primary amides is 1. The minimum atomic E-state index is -4.00. The summed E-state index contributed by atoms with van der Waals surface area (Å²) in [5, 5.41) is 9.59. The normalized spacial score (nSPS) is 12.6. The largest absolute Gasteiger partial charge is 0.368 e. The number of rotatable bonds is 14. The lowest BCUT2D eigenvalue weighted by Crippen LogP contribution is -2.51. The first-order valence-corrected chi connectivity index (χ1v) is 15.0. The van der Waals surface area contributed by atoms with Gasteiger partial charge in [0.05, 0.1) is 17.1 Å². The van der Waals surface area contributed by atoms with Gasteiger partial charge in [-0.05, 0) is 23.6 Å². The zero-order valence-electron chi connectivity index (χ0n) is 23.2. The maximum atomic E-state index is 14.1. The first-order valence-electron chi connectivity index (χ1n) is 12.8. The molecule has 0 aliphatic rings. The fourth-order valence-corrected chi connectivity index (χ4v) is 4.75. The molecule has 228 valence electrons. The molecule has 2 aromatic rings. The first-order chi connectivity index (χ1) is 19.6. The third-order valence-electron chi connectivity index (χ3n) is 5.92. The van der Waals surface area contributed by atoms with Gasteiger partial charge >= 0.3 is 0 Å². The highest BCUT2D eigenvalue weighted by Gasteiger charge is 2.28. The number of halogens is 2. The Balaban J connectivity index is 2.03. The quantitative estimate of drug-likeness (QED) is 0.201. The monoisotopic (exact) mass is 624 g/mol. The van der Waals surface area contributed by atoms with Crippen LogP contribution in [0.5, 0.6) is 0 Å². The van der Waals surface area contributed by atoms with Crippen molar-refractivity contribution < 1.29 is 36.8 Å². The Bertz CT molecular complexity index is 1440. The molecule has 2 atom stereocenters. The molecule has 0 heterocycles. The SMILES string of the molecule is CC(C)[C@H](NC(=O)c1cc(S(C)(=O)=O)c([18F])cc1Cl)C(=O)NCCC(=O)N[C@@H](Cc1ccccc1)C(=O)NCC(N)=O. The zero-order chi connectivity index (χ0) is 31.6. The molecule has 0 fully saturated rings. The van der Waals surface area contributed by atoms with Gasteiger partial charge < -0.3 is 27.0 Å². The summed E-state index contributed by atoms with van der Waals surface area (Å²) in [6.07, 6.45) is 0.692. The number of amides is 5. The molecule has 42 heavy (non-hydrogen) atoms. The Morgan fingerprint density at radius 2 is 1.62 bits per heavy atom. The van der Waals surface area contributed by atoms with Crippen molar-refractivity contribution >= 4 is 51.0 Å². The molecule has 0 aliphatic carbocycles. The molecule has 2 rings (SSSR count). The van der Waals surface area contributed by atoms with Crippen LogP contribution in [0.3, 0.4) is 0 Å². The maximum Gasteiger partial charge on any atom is 0.253 e. The lowest BCUT2D eigenvalue weighted by molar-refractivity contribution is -0.130. The summed E-state index contributed by atoms with van der Waals surface area (Å²) in [7, 11) is -4.00. The predicted molar refractivity (Wildman–Crippen MR) is 153 cm³/mol. The summed E-state index contributed by atoms with van der Waals surface area (Å²) in [4.78, 5) is 61.2. The van der Waals surface area contributed by atoms with E-state index < -0.39 is 74.6 Å². The van der Waals surface area contributed by atoms with Crippen LogP contribution in [0.1, 0.15) is 36.2 Å². The molecule has 0 saturated heterocycles. The molecule has 0 radical (unpaired) electrons. The molecular formula is C27H33ClFN5O7S. The van der Waals surface area contributed by atoms with Gasteiger partial charge in [-0.3, -0.25) is 24.0 Å². The summed E-state index contributed by atoms with van der Waals surface area (Å²) in [5.41, 5.74) is 5.50. The van der Waals surface area contributed by atoms with E-state index >= 15 is 0 Å². The predicted octanol–water partition coefficient (Wildman–Crippen LogP) is 0.472. The number of carbonyl (C=O) groups is 5. The minimum Gasteiger partial charge on any atom is -0.368 e. The molecule has 0 spiro atoms. The van der Waals surface area contributed by atoms with Crippen molar-refractivity contribution in [3.8, 4) is 0 Å². The topological polar surface area (TPSA) is 194 Å². The van der Waals surface area contributed by atoms with Crippen molar-refractivity contribution in [1.29, 1.82) is 0 Å². The fraction of sp³-hybridized carbons (Fsp3) is 0.370. The fourth-order valence-electron chi connectivity index (χ4n) is 3.77. The van der Waals surface area contributed by atoms with E-state index in [4.69, 9.17) is 17.3 Å². The Hall–Kier alpha value is -4.04. The van der Waals surface area contributed by atoms with Crippen LogP contribution in [-0.4, -0.2) is 69.4 Å². The van der Waals surface area contributed by atoms with Crippen molar-refractivity contribution in [3.63, 3.8) is 0 Å². The van der Waals surface area contributed by atoms with E-state index in [0.717, 1.165) is 17.9 Å². The summed E-state index contributed by atoms with van der Waals surface area (Å²) in [5.74, 6) is -5.04. The third-order valence-corrected chi connectivity index (χ3v) is 7.35. The number of nitrogens with one attached hydrogen (secondary N) is 4. The molecule has 0 aliphatic heterocycles. The highest BCUT2D eigenvalue weighted by atomic mass is 35.5. The van der Waals surface area contributed by atoms with Gasteiger partial charge in [0.1, 0.15) is 22.8 Å². The van der Waals surface area contributed by atoms with Crippen LogP contribution in [-0.2, 0) is 35.4 Å². The van der Waals surface area contributed by atoms with E-state index in [9.17, 15) is 36.8 Å². The van der Waals surface area contributed by atoms with Crippen LogP contribution in [0.25, 0.3) is 0 Å². The molecule has 12 nitrogen and oxygen atoms in total. The highest BCUT2D eigenvalue weighted by molar-refractivity contribution is 7.90. The molecule has 0 saturated carbocycles. The minimum absolute atomic E-state index is 0.137. The molecule has 5 amide bonds. The highest BCUT2D eigenvalue weighted by Crippen LogP contribution is 2.24. The van der Waals surface area contributed by atoms with Crippen LogP contribution in [0, 0.1) is 11.7 Å². The Morgan fingerprint density at radius 3 is 2.19 bits per heavy atom. The van der Waals surface area contributed by atoms with Gasteiger partial charge in [-0.15, -0.1) is 0 Å². The second kappa shape index (κ2) is 15.3. The van der Waals surface area contributed by atoms with Crippen LogP contribution in [0.4, 0.5) is 4.39 Å². The van der Waals surface area contributed by atoms with Crippen molar-refractivity contribution in [2.24, 2.45) is 11.7 Å². The molecule has 15 heteroatoms. The average Bonchev–Trinajstić information content (AvgIpc) is 2.89. The van der Waals surface area contributed by atoms with Crippen LogP contribution >= 0.6 is 11.6 Å². The zero-order valence-corrected chi connectivity index (χ0v) is 24.8. The molecule has 6 N–H and O–H groups in total. The van der Waals surface area contributed by atoms with Gasteiger partial charge in [-0.25, -0.2) is 12.8 Å². The van der Waals surface area contributed by atoms with E-state index in [0.29, 0.717) is 6.07 Å². The van der Waals surface area contributed by atoms with Crippen molar-refractivity contribution in [3.05, 3.63) is 64.4 Å². The van der Waals surface area contributed by atoms with Gasteiger partial charge in [0.2, 0.25) is 23.6 Å². The van der Waals surface area contributed by atoms with Crippen molar-refractivity contribution in [2.75, 3.05) is 19.3 Å². The summed E-state index contributed by atoms with van der Waals surface area (Å²) >= 11 is 5.97. The number of carbonyl (C=O) groups excluding carboxylic acids is 5. The van der Waals surface area contributed by atoms with Gasteiger partial charge in [-0.1, -0.05) is 55.8 Å². The average molecular weight is 625 g/mol. The lowest BCUT2D eigenvalue weighted by Gasteiger charge is -2.22. The van der Waals surface area contributed by atoms with E-state index in [1.807, 2.05) is 0 Å². The van der Waals surface area contributed by atoms with Gasteiger partial charge in [0.15, 0.2) is 9.84 Å². The van der Waals surface area contributed by atoms with Crippen LogP contribution < -0.4 is 27.0 Å². The second-order valence-electron chi connectivity index (χ2n) is 9.76. The molecule has 0 bridgehead atoms. The smallest absolute Gasteiger partial charge is 0.253 e. The first kappa shape index (κ1) is 34.2. The molecular weight excluding hydrogens is 592 g/mol. The van der Waals surface area contributed by atoms with Gasteiger partial charge in [-0.2, -0.15) is 0 Å². The number of hydrogen-bond donors (Lipinski definition) is 5. The molecule has 0 aromatic heterocycles. The van der Waals surface area contributed by atoms with Crippen molar-refractivity contribution in [1.82, 2.24) is 21.3 Å². The molecule has 2 aromatic carbocycles. The van der Waals surface area contributed by atoms with Gasteiger partial charge in [0, 0.05) is 25.6 Å². The van der Waals surface area contributed by atoms with Crippen LogP contribution in [0.2, 0.25) is 5.02 Å². The third kappa shape index (κ3) is 10.4. The number of nitrogens with two attached hydrogens (primary N) is 1. The Labute approximate surface area is 247 Å².